The predicted octanol–water partition coefficient (Wildman–Crippen LogP) is 18.1. The molecule has 0 saturated carbocycles. The van der Waals surface area contributed by atoms with Crippen molar-refractivity contribution in [1.29, 1.82) is 0 Å². The van der Waals surface area contributed by atoms with E-state index in [2.05, 4.69) is 88.1 Å². The Balaban J connectivity index is 1.57. The molecule has 316 valence electrons. The Labute approximate surface area is 353 Å². The van der Waals surface area contributed by atoms with Crippen molar-refractivity contribution in [1.82, 2.24) is 0 Å². The summed E-state index contributed by atoms with van der Waals surface area (Å²) in [6, 6.07) is 17.9. The number of nitrogens with zero attached hydrogens (tertiary/aromatic N) is 2. The van der Waals surface area contributed by atoms with Crippen molar-refractivity contribution in [3.63, 3.8) is 0 Å². The van der Waals surface area contributed by atoms with E-state index in [0.29, 0.717) is 0 Å². The van der Waals surface area contributed by atoms with E-state index in [0.717, 1.165) is 73.0 Å². The molecule has 0 N–H and O–H groups in total. The Hall–Kier alpha value is -2.92. The van der Waals surface area contributed by atoms with Gasteiger partial charge in [-0.25, -0.2) is 4.70 Å². The van der Waals surface area contributed by atoms with Crippen LogP contribution in [-0.2, 0) is 12.8 Å². The van der Waals surface area contributed by atoms with E-state index in [4.69, 9.17) is 0 Å². The van der Waals surface area contributed by atoms with Crippen molar-refractivity contribution in [2.45, 2.75) is 240 Å². The van der Waals surface area contributed by atoms with Crippen molar-refractivity contribution in [2.75, 3.05) is 0 Å². The molecular weight excluding hydrogens is 689 g/mol. The van der Waals surface area contributed by atoms with Gasteiger partial charge in [-0.3, -0.25) is 0 Å². The van der Waals surface area contributed by atoms with Crippen molar-refractivity contribution < 1.29 is 4.70 Å². The molecule has 1 aliphatic heterocycles. The molecule has 2 aromatic rings. The third-order valence-electron chi connectivity index (χ3n) is 12.2. The number of benzene rings is 2. The summed E-state index contributed by atoms with van der Waals surface area (Å²) in [6.07, 6.45) is 42.9. The summed E-state index contributed by atoms with van der Waals surface area (Å²) in [6.45, 7) is 9.12. The molecule has 0 aliphatic carbocycles. The minimum Gasteiger partial charge on any atom is -0.493 e. The second-order valence-corrected chi connectivity index (χ2v) is 17.4. The number of hydrogen-bond acceptors (Lipinski definition) is 0. The second-order valence-electron chi connectivity index (χ2n) is 17.4. The molecule has 0 spiro atoms. The Morgan fingerprint density at radius 2 is 0.807 bits per heavy atom. The average Bonchev–Trinajstić information content (AvgIpc) is 3.51. The summed E-state index contributed by atoms with van der Waals surface area (Å²) in [5.41, 5.74) is 21.2. The molecule has 2 heteroatoms. The summed E-state index contributed by atoms with van der Waals surface area (Å²) >= 11 is 0. The molecule has 0 atom stereocenters. The molecule has 1 aliphatic rings. The summed E-state index contributed by atoms with van der Waals surface area (Å²) in [7, 11) is 0. The SMILES string of the molecule is CCCCCCCCCCCCCCCCCCCCCC#CC1=C(c2cccc(CCCCCC)c2)[N+](=[N-])C(c2cccc(CCCCCC)c2)=C1CCCC. The van der Waals surface area contributed by atoms with Gasteiger partial charge in [0.2, 0.25) is 11.4 Å². The van der Waals surface area contributed by atoms with Crippen LogP contribution in [0.4, 0.5) is 0 Å². The van der Waals surface area contributed by atoms with Crippen LogP contribution in [0.2, 0.25) is 0 Å². The van der Waals surface area contributed by atoms with Crippen LogP contribution in [0.25, 0.3) is 16.9 Å². The zero-order valence-corrected chi connectivity index (χ0v) is 37.8. The Bertz CT molecular complexity index is 1500. The summed E-state index contributed by atoms with van der Waals surface area (Å²) < 4.78 is 1.51. The van der Waals surface area contributed by atoms with Crippen molar-refractivity contribution in [2.24, 2.45) is 0 Å². The fourth-order valence-corrected chi connectivity index (χ4v) is 8.60. The van der Waals surface area contributed by atoms with Gasteiger partial charge < -0.3 is 5.53 Å². The van der Waals surface area contributed by atoms with Crippen LogP contribution in [0.15, 0.2) is 59.7 Å². The van der Waals surface area contributed by atoms with Gasteiger partial charge >= 0.3 is 0 Å². The standard InChI is InChI=1S/C55H86N2/c1-5-9-13-16-17-18-19-20-21-22-23-24-25-26-27-28-29-30-31-32-35-45-53-52(44-12-8-4)54(50-42-36-40-48(46-50)38-33-14-10-6-2)57(56)55(53)51-43-37-41-49(47-51)39-34-15-11-7-3/h36-37,40-43,46-47H,5-34,38-39,44H2,1-4H3. The number of allylic oxidation sites excluding steroid dienone is 2. The maximum absolute atomic E-state index is 12.2. The smallest absolute Gasteiger partial charge is 0.223 e. The number of hydrogen-bond donors (Lipinski definition) is 0. The Kier molecular flexibility index (Phi) is 27.2. The monoisotopic (exact) mass is 775 g/mol. The van der Waals surface area contributed by atoms with Gasteiger partial charge in [-0.05, 0) is 80.3 Å². The van der Waals surface area contributed by atoms with Crippen LogP contribution in [-0.4, -0.2) is 4.70 Å². The molecule has 1 heterocycles. The number of unbranched alkanes of at least 4 members (excludes halogenated alkanes) is 26. The van der Waals surface area contributed by atoms with Crippen LogP contribution in [0.5, 0.6) is 0 Å². The maximum atomic E-state index is 12.2. The van der Waals surface area contributed by atoms with Crippen LogP contribution in [0.1, 0.15) is 249 Å². The lowest BCUT2D eigenvalue weighted by Crippen LogP contribution is -2.03. The largest absolute Gasteiger partial charge is 0.493 e. The minimum absolute atomic E-state index is 0.875. The molecule has 0 radical (unpaired) electrons. The van der Waals surface area contributed by atoms with Crippen molar-refractivity contribution >= 4 is 11.4 Å². The van der Waals surface area contributed by atoms with Crippen LogP contribution in [0, 0.1) is 11.8 Å². The second kappa shape index (κ2) is 32.0. The molecule has 0 aromatic heterocycles. The van der Waals surface area contributed by atoms with E-state index >= 15 is 0 Å². The molecule has 3 rings (SSSR count). The highest BCUT2D eigenvalue weighted by molar-refractivity contribution is 5.85. The topological polar surface area (TPSA) is 25.3 Å². The van der Waals surface area contributed by atoms with Gasteiger partial charge in [-0.15, -0.1) is 0 Å². The Morgan fingerprint density at radius 3 is 1.25 bits per heavy atom. The third-order valence-corrected chi connectivity index (χ3v) is 12.2. The zero-order valence-electron chi connectivity index (χ0n) is 37.8. The molecule has 0 fully saturated rings. The van der Waals surface area contributed by atoms with Gasteiger partial charge in [0.05, 0.1) is 0 Å². The van der Waals surface area contributed by atoms with E-state index in [1.54, 1.807) is 0 Å². The lowest BCUT2D eigenvalue weighted by atomic mass is 9.94. The number of rotatable bonds is 34. The summed E-state index contributed by atoms with van der Waals surface area (Å²) in [5.74, 6) is 7.31. The molecule has 2 aromatic carbocycles. The normalized spacial score (nSPS) is 12.9. The molecule has 0 amide bonds. The zero-order chi connectivity index (χ0) is 40.6. The first-order chi connectivity index (χ1) is 28.1. The van der Waals surface area contributed by atoms with Crippen LogP contribution >= 0.6 is 0 Å². The molecule has 0 bridgehead atoms. The minimum atomic E-state index is 0.875. The Morgan fingerprint density at radius 1 is 0.421 bits per heavy atom. The fourth-order valence-electron chi connectivity index (χ4n) is 8.60. The molecule has 0 saturated heterocycles. The molecule has 2 nitrogen and oxygen atoms in total. The highest BCUT2D eigenvalue weighted by atomic mass is 15.2. The average molecular weight is 775 g/mol. The lowest BCUT2D eigenvalue weighted by molar-refractivity contribution is -0.345. The highest BCUT2D eigenvalue weighted by Crippen LogP contribution is 2.42. The lowest BCUT2D eigenvalue weighted by Gasteiger charge is -2.11. The van der Waals surface area contributed by atoms with Crippen LogP contribution < -0.4 is 0 Å². The van der Waals surface area contributed by atoms with Gasteiger partial charge in [0, 0.05) is 23.1 Å². The summed E-state index contributed by atoms with van der Waals surface area (Å²) in [5, 5.41) is 0. The number of aryl methyl sites for hydroxylation is 2. The molecular formula is C55H86N2. The maximum Gasteiger partial charge on any atom is 0.223 e. The van der Waals surface area contributed by atoms with Gasteiger partial charge in [-0.2, -0.15) is 0 Å². The first-order valence-electron chi connectivity index (χ1n) is 24.8. The molecule has 0 unspecified atom stereocenters. The van der Waals surface area contributed by atoms with E-state index in [-0.39, 0.29) is 0 Å². The third kappa shape index (κ3) is 19.6. The predicted molar refractivity (Wildman–Crippen MR) is 251 cm³/mol. The van der Waals surface area contributed by atoms with E-state index in [9.17, 15) is 5.53 Å². The van der Waals surface area contributed by atoms with E-state index in [1.807, 2.05) is 0 Å². The van der Waals surface area contributed by atoms with Crippen LogP contribution in [0.3, 0.4) is 0 Å². The van der Waals surface area contributed by atoms with E-state index in [1.165, 1.54) is 188 Å². The highest BCUT2D eigenvalue weighted by Gasteiger charge is 2.35. The van der Waals surface area contributed by atoms with E-state index < -0.39 is 0 Å². The van der Waals surface area contributed by atoms with Crippen molar-refractivity contribution in [3.8, 4) is 11.8 Å². The summed E-state index contributed by atoms with van der Waals surface area (Å²) in [4.78, 5) is 0. The quantitative estimate of drug-likeness (QED) is 0.0384. The van der Waals surface area contributed by atoms with Gasteiger partial charge in [0.1, 0.15) is 5.57 Å². The fraction of sp³-hybridized carbons (Fsp3) is 0.673. The van der Waals surface area contributed by atoms with Gasteiger partial charge in [0.15, 0.2) is 0 Å². The first kappa shape index (κ1) is 48.4. The molecule has 57 heavy (non-hydrogen) atoms. The first-order valence-corrected chi connectivity index (χ1v) is 24.8. The van der Waals surface area contributed by atoms with Gasteiger partial charge in [0.25, 0.3) is 0 Å². The van der Waals surface area contributed by atoms with Gasteiger partial charge in [-0.1, -0.05) is 224 Å². The van der Waals surface area contributed by atoms with Crippen molar-refractivity contribution in [3.05, 3.63) is 87.5 Å².